The normalized spacial score (nSPS) is 10.7. The van der Waals surface area contributed by atoms with Gasteiger partial charge in [-0.2, -0.15) is 5.10 Å². The molecule has 0 fully saturated rings. The van der Waals surface area contributed by atoms with Crippen LogP contribution in [0.15, 0.2) is 72.8 Å². The SMILES string of the molecule is COc1ccc(Oc2c(CCC(=O)Nc3ccccc3F)c(C)nn2-c2ccc(F)cc2)cc1. The van der Waals surface area contributed by atoms with E-state index in [1.165, 1.54) is 24.3 Å². The van der Waals surface area contributed by atoms with Crippen LogP contribution in [0.2, 0.25) is 0 Å². The number of methoxy groups -OCH3 is 1. The van der Waals surface area contributed by atoms with Gasteiger partial charge in [0.1, 0.15) is 23.1 Å². The highest BCUT2D eigenvalue weighted by Gasteiger charge is 2.20. The Balaban J connectivity index is 1.61. The first-order chi connectivity index (χ1) is 16.4. The van der Waals surface area contributed by atoms with Gasteiger partial charge in [0.05, 0.1) is 24.2 Å². The van der Waals surface area contributed by atoms with Crippen LogP contribution in [-0.4, -0.2) is 22.8 Å². The van der Waals surface area contributed by atoms with Crippen LogP contribution in [0.1, 0.15) is 17.7 Å². The van der Waals surface area contributed by atoms with Crippen molar-refractivity contribution in [1.29, 1.82) is 0 Å². The number of nitrogens with one attached hydrogen (secondary N) is 1. The quantitative estimate of drug-likeness (QED) is 0.357. The maximum Gasteiger partial charge on any atom is 0.226 e. The Bertz CT molecular complexity index is 1290. The van der Waals surface area contributed by atoms with Gasteiger partial charge in [0, 0.05) is 12.0 Å². The van der Waals surface area contributed by atoms with Crippen molar-refractivity contribution in [2.24, 2.45) is 0 Å². The summed E-state index contributed by atoms with van der Waals surface area (Å²) in [7, 11) is 1.58. The third kappa shape index (κ3) is 5.23. The maximum absolute atomic E-state index is 13.9. The molecule has 0 aliphatic heterocycles. The fourth-order valence-corrected chi connectivity index (χ4v) is 3.46. The number of hydrogen-bond acceptors (Lipinski definition) is 4. The number of amides is 1. The van der Waals surface area contributed by atoms with Crippen LogP contribution in [-0.2, 0) is 11.2 Å². The molecule has 3 aromatic carbocycles. The number of benzene rings is 3. The van der Waals surface area contributed by atoms with E-state index in [-0.39, 0.29) is 23.8 Å². The van der Waals surface area contributed by atoms with Gasteiger partial charge in [0.2, 0.25) is 11.8 Å². The van der Waals surface area contributed by atoms with Gasteiger partial charge in [-0.05, 0) is 74.0 Å². The van der Waals surface area contributed by atoms with Gasteiger partial charge in [-0.1, -0.05) is 12.1 Å². The van der Waals surface area contributed by atoms with Crippen molar-refractivity contribution >= 4 is 11.6 Å². The highest BCUT2D eigenvalue weighted by atomic mass is 19.1. The summed E-state index contributed by atoms with van der Waals surface area (Å²) in [5.41, 5.74) is 2.10. The lowest BCUT2D eigenvalue weighted by Crippen LogP contribution is -2.13. The minimum Gasteiger partial charge on any atom is -0.497 e. The number of anilines is 1. The summed E-state index contributed by atoms with van der Waals surface area (Å²) in [6.45, 7) is 1.81. The molecular weight excluding hydrogens is 440 g/mol. The van der Waals surface area contributed by atoms with Crippen molar-refractivity contribution in [2.75, 3.05) is 12.4 Å². The Labute approximate surface area is 195 Å². The summed E-state index contributed by atoms with van der Waals surface area (Å²) in [6.07, 6.45) is 0.391. The van der Waals surface area contributed by atoms with Crippen molar-refractivity contribution in [1.82, 2.24) is 9.78 Å². The second-order valence-corrected chi connectivity index (χ2v) is 7.56. The van der Waals surface area contributed by atoms with Crippen molar-refractivity contribution in [3.63, 3.8) is 0 Å². The average Bonchev–Trinajstić information content (AvgIpc) is 3.15. The van der Waals surface area contributed by atoms with Crippen LogP contribution in [0.5, 0.6) is 17.4 Å². The van der Waals surface area contributed by atoms with E-state index < -0.39 is 5.82 Å². The van der Waals surface area contributed by atoms with E-state index in [2.05, 4.69) is 10.4 Å². The molecule has 0 saturated carbocycles. The van der Waals surface area contributed by atoms with Gasteiger partial charge in [-0.25, -0.2) is 13.5 Å². The molecule has 4 aromatic rings. The highest BCUT2D eigenvalue weighted by molar-refractivity contribution is 5.91. The number of nitrogens with zero attached hydrogens (tertiary/aromatic N) is 2. The Morgan fingerprint density at radius 3 is 2.32 bits per heavy atom. The standard InChI is InChI=1S/C26H23F2N3O3/c1-17-22(15-16-25(32)29-24-6-4-3-5-23(24)28)26(34-21-13-11-20(33-2)12-14-21)31(30-17)19-9-7-18(27)8-10-19/h3-14H,15-16H2,1-2H3,(H,29,32). The Hall–Kier alpha value is -4.20. The molecule has 0 aliphatic carbocycles. The predicted molar refractivity (Wildman–Crippen MR) is 125 cm³/mol. The molecule has 34 heavy (non-hydrogen) atoms. The van der Waals surface area contributed by atoms with E-state index in [1.807, 2.05) is 6.92 Å². The van der Waals surface area contributed by atoms with Gasteiger partial charge in [-0.15, -0.1) is 0 Å². The van der Waals surface area contributed by atoms with Crippen LogP contribution in [0, 0.1) is 18.6 Å². The summed E-state index contributed by atoms with van der Waals surface area (Å²) < 4.78 is 40.3. The molecule has 1 heterocycles. The summed E-state index contributed by atoms with van der Waals surface area (Å²) in [4.78, 5) is 12.5. The smallest absolute Gasteiger partial charge is 0.226 e. The fraction of sp³-hybridized carbons (Fsp3) is 0.154. The predicted octanol–water partition coefficient (Wildman–Crippen LogP) is 5.83. The maximum atomic E-state index is 13.9. The zero-order chi connectivity index (χ0) is 24.1. The monoisotopic (exact) mass is 463 g/mol. The largest absolute Gasteiger partial charge is 0.497 e. The summed E-state index contributed by atoms with van der Waals surface area (Å²) >= 11 is 0. The number of hydrogen-bond donors (Lipinski definition) is 1. The molecule has 1 amide bonds. The van der Waals surface area contributed by atoms with E-state index in [0.717, 1.165) is 0 Å². The van der Waals surface area contributed by atoms with Crippen molar-refractivity contribution < 1.29 is 23.0 Å². The summed E-state index contributed by atoms with van der Waals surface area (Å²) in [6, 6.07) is 18.9. The van der Waals surface area contributed by atoms with Crippen LogP contribution < -0.4 is 14.8 Å². The van der Waals surface area contributed by atoms with Gasteiger partial charge >= 0.3 is 0 Å². The van der Waals surface area contributed by atoms with Gasteiger partial charge in [-0.3, -0.25) is 4.79 Å². The van der Waals surface area contributed by atoms with E-state index in [0.29, 0.717) is 40.7 Å². The van der Waals surface area contributed by atoms with Gasteiger partial charge in [0.25, 0.3) is 0 Å². The fourth-order valence-electron chi connectivity index (χ4n) is 3.46. The summed E-state index contributed by atoms with van der Waals surface area (Å²) in [5.74, 6) is 0.430. The molecule has 6 nitrogen and oxygen atoms in total. The third-order valence-corrected chi connectivity index (χ3v) is 5.23. The van der Waals surface area contributed by atoms with E-state index in [9.17, 15) is 13.6 Å². The van der Waals surface area contributed by atoms with Gasteiger partial charge in [0.15, 0.2) is 0 Å². The van der Waals surface area contributed by atoms with E-state index >= 15 is 0 Å². The molecule has 0 unspecified atom stereocenters. The molecule has 0 spiro atoms. The minimum atomic E-state index is -0.500. The molecule has 174 valence electrons. The molecule has 0 aliphatic rings. The zero-order valence-electron chi connectivity index (χ0n) is 18.7. The second kappa shape index (κ2) is 10.2. The highest BCUT2D eigenvalue weighted by Crippen LogP contribution is 2.32. The number of rotatable bonds is 8. The zero-order valence-corrected chi connectivity index (χ0v) is 18.7. The van der Waals surface area contributed by atoms with E-state index in [4.69, 9.17) is 9.47 Å². The molecule has 1 N–H and O–H groups in total. The van der Waals surface area contributed by atoms with Crippen molar-refractivity contribution in [3.8, 4) is 23.1 Å². The molecule has 0 saturated heterocycles. The lowest BCUT2D eigenvalue weighted by Gasteiger charge is -2.12. The van der Waals surface area contributed by atoms with Crippen LogP contribution >= 0.6 is 0 Å². The Morgan fingerprint density at radius 1 is 0.971 bits per heavy atom. The first-order valence-corrected chi connectivity index (χ1v) is 10.7. The lowest BCUT2D eigenvalue weighted by atomic mass is 10.1. The summed E-state index contributed by atoms with van der Waals surface area (Å²) in [5, 5.41) is 7.16. The molecule has 0 bridgehead atoms. The molecular formula is C26H23F2N3O3. The first-order valence-electron chi connectivity index (χ1n) is 10.7. The van der Waals surface area contributed by atoms with Crippen molar-refractivity contribution in [3.05, 3.63) is 95.7 Å². The number of carbonyl (C=O) groups is 1. The van der Waals surface area contributed by atoms with Crippen LogP contribution in [0.3, 0.4) is 0 Å². The van der Waals surface area contributed by atoms with E-state index in [1.54, 1.807) is 60.3 Å². The van der Waals surface area contributed by atoms with Crippen LogP contribution in [0.4, 0.5) is 14.5 Å². The number of aryl methyl sites for hydroxylation is 1. The Kier molecular flexibility index (Phi) is 6.87. The van der Waals surface area contributed by atoms with Gasteiger partial charge < -0.3 is 14.8 Å². The molecule has 1 aromatic heterocycles. The lowest BCUT2D eigenvalue weighted by molar-refractivity contribution is -0.116. The topological polar surface area (TPSA) is 65.4 Å². The number of carbonyl (C=O) groups excluding carboxylic acids is 1. The molecule has 0 radical (unpaired) electrons. The third-order valence-electron chi connectivity index (χ3n) is 5.23. The average molecular weight is 463 g/mol. The molecule has 4 rings (SSSR count). The van der Waals surface area contributed by atoms with Crippen molar-refractivity contribution in [2.45, 2.75) is 19.8 Å². The number of ether oxygens (including phenoxy) is 2. The van der Waals surface area contributed by atoms with Crippen LogP contribution in [0.25, 0.3) is 5.69 Å². The minimum absolute atomic E-state index is 0.0866. The number of aromatic nitrogens is 2. The second-order valence-electron chi connectivity index (χ2n) is 7.56. The first kappa shape index (κ1) is 23.0. The molecule has 8 heteroatoms. The number of halogens is 2. The number of para-hydroxylation sites is 1. The molecule has 0 atom stereocenters. The Morgan fingerprint density at radius 2 is 1.65 bits per heavy atom.